The zero-order valence-corrected chi connectivity index (χ0v) is 13.1. The second kappa shape index (κ2) is 5.75. The Kier molecular flexibility index (Phi) is 3.79. The van der Waals surface area contributed by atoms with Crippen molar-refractivity contribution >= 4 is 23.1 Å². The van der Waals surface area contributed by atoms with Crippen LogP contribution in [0.4, 0.5) is 17.2 Å². The summed E-state index contributed by atoms with van der Waals surface area (Å²) in [5.74, 6) is 2.26. The Bertz CT molecular complexity index is 705. The number of carbonyl (C=O) groups excluding carboxylic acids is 1. The van der Waals surface area contributed by atoms with Gasteiger partial charge < -0.3 is 10.6 Å². The SMILES string of the molecule is CC(=O)Nc1ccc(Nc2nc(C3CC3)nc(C)c2C)cc1. The number of aryl methyl sites for hydroxylation is 1. The number of rotatable bonds is 4. The Morgan fingerprint density at radius 1 is 1.09 bits per heavy atom. The van der Waals surface area contributed by atoms with E-state index in [0.717, 1.165) is 34.3 Å². The molecule has 114 valence electrons. The van der Waals surface area contributed by atoms with Crippen molar-refractivity contribution in [3.8, 4) is 0 Å². The van der Waals surface area contributed by atoms with E-state index in [1.165, 1.54) is 19.8 Å². The van der Waals surface area contributed by atoms with Crippen LogP contribution in [0.5, 0.6) is 0 Å². The summed E-state index contributed by atoms with van der Waals surface area (Å²) in [5, 5.41) is 6.11. The fourth-order valence-corrected chi connectivity index (χ4v) is 2.27. The highest BCUT2D eigenvalue weighted by molar-refractivity contribution is 5.88. The van der Waals surface area contributed by atoms with Crippen LogP contribution >= 0.6 is 0 Å². The van der Waals surface area contributed by atoms with Crippen LogP contribution in [-0.2, 0) is 4.79 Å². The third-order valence-electron chi connectivity index (χ3n) is 3.82. The average molecular weight is 296 g/mol. The molecule has 0 bridgehead atoms. The fourth-order valence-electron chi connectivity index (χ4n) is 2.27. The first-order valence-electron chi connectivity index (χ1n) is 7.53. The Balaban J connectivity index is 1.81. The molecular formula is C17H20N4O. The second-order valence-electron chi connectivity index (χ2n) is 5.80. The van der Waals surface area contributed by atoms with Gasteiger partial charge in [-0.05, 0) is 51.0 Å². The summed E-state index contributed by atoms with van der Waals surface area (Å²) in [4.78, 5) is 20.3. The lowest BCUT2D eigenvalue weighted by Crippen LogP contribution is -2.06. The van der Waals surface area contributed by atoms with Crippen molar-refractivity contribution in [2.75, 3.05) is 10.6 Å². The molecule has 1 fully saturated rings. The number of anilines is 3. The lowest BCUT2D eigenvalue weighted by molar-refractivity contribution is -0.114. The molecule has 1 aliphatic carbocycles. The standard InChI is InChI=1S/C17H20N4O/c1-10-11(2)18-17(13-4-5-13)21-16(10)20-15-8-6-14(7-9-15)19-12(3)22/h6-9,13H,4-5H2,1-3H3,(H,19,22)(H,18,20,21). The van der Waals surface area contributed by atoms with Crippen LogP contribution in [-0.4, -0.2) is 15.9 Å². The van der Waals surface area contributed by atoms with Crippen molar-refractivity contribution < 1.29 is 4.79 Å². The molecule has 1 heterocycles. The van der Waals surface area contributed by atoms with E-state index in [2.05, 4.69) is 20.6 Å². The van der Waals surface area contributed by atoms with E-state index >= 15 is 0 Å². The highest BCUT2D eigenvalue weighted by atomic mass is 16.1. The minimum atomic E-state index is -0.0722. The maximum atomic E-state index is 11.0. The summed E-state index contributed by atoms with van der Waals surface area (Å²) in [5.41, 5.74) is 3.81. The Morgan fingerprint density at radius 3 is 2.32 bits per heavy atom. The molecule has 0 atom stereocenters. The van der Waals surface area contributed by atoms with Gasteiger partial charge in [0.05, 0.1) is 0 Å². The molecule has 1 amide bonds. The van der Waals surface area contributed by atoms with Crippen molar-refractivity contribution in [3.05, 3.63) is 41.3 Å². The Labute approximate surface area is 130 Å². The molecule has 0 unspecified atom stereocenters. The van der Waals surface area contributed by atoms with Gasteiger partial charge in [0.25, 0.3) is 0 Å². The Hall–Kier alpha value is -2.43. The van der Waals surface area contributed by atoms with Gasteiger partial charge in [-0.25, -0.2) is 9.97 Å². The van der Waals surface area contributed by atoms with Gasteiger partial charge in [0.15, 0.2) is 0 Å². The maximum Gasteiger partial charge on any atom is 0.221 e. The highest BCUT2D eigenvalue weighted by Crippen LogP contribution is 2.39. The molecule has 2 aromatic rings. The fraction of sp³-hybridized carbons (Fsp3) is 0.353. The van der Waals surface area contributed by atoms with Crippen molar-refractivity contribution in [1.29, 1.82) is 0 Å². The second-order valence-corrected chi connectivity index (χ2v) is 5.80. The van der Waals surface area contributed by atoms with E-state index in [-0.39, 0.29) is 5.91 Å². The number of hydrogen-bond acceptors (Lipinski definition) is 4. The molecule has 0 aliphatic heterocycles. The van der Waals surface area contributed by atoms with Crippen molar-refractivity contribution in [1.82, 2.24) is 9.97 Å². The van der Waals surface area contributed by atoms with Gasteiger partial charge in [-0.2, -0.15) is 0 Å². The van der Waals surface area contributed by atoms with E-state index < -0.39 is 0 Å². The van der Waals surface area contributed by atoms with E-state index in [4.69, 9.17) is 0 Å². The lowest BCUT2D eigenvalue weighted by Gasteiger charge is -2.12. The van der Waals surface area contributed by atoms with Gasteiger partial charge in [0.1, 0.15) is 11.6 Å². The van der Waals surface area contributed by atoms with Crippen LogP contribution in [0.3, 0.4) is 0 Å². The van der Waals surface area contributed by atoms with Crippen LogP contribution in [0.1, 0.15) is 42.8 Å². The zero-order valence-electron chi connectivity index (χ0n) is 13.1. The van der Waals surface area contributed by atoms with Gasteiger partial charge >= 0.3 is 0 Å². The largest absolute Gasteiger partial charge is 0.340 e. The molecule has 5 nitrogen and oxygen atoms in total. The third kappa shape index (κ3) is 3.24. The van der Waals surface area contributed by atoms with E-state index in [0.29, 0.717) is 5.92 Å². The molecule has 0 saturated heterocycles. The van der Waals surface area contributed by atoms with Gasteiger partial charge in [-0.3, -0.25) is 4.79 Å². The molecule has 1 aromatic carbocycles. The van der Waals surface area contributed by atoms with Crippen LogP contribution < -0.4 is 10.6 Å². The number of amides is 1. The Morgan fingerprint density at radius 2 is 1.73 bits per heavy atom. The molecule has 2 N–H and O–H groups in total. The molecule has 1 aliphatic rings. The topological polar surface area (TPSA) is 66.9 Å². The summed E-state index contributed by atoms with van der Waals surface area (Å²) in [7, 11) is 0. The smallest absolute Gasteiger partial charge is 0.221 e. The van der Waals surface area contributed by atoms with Crippen molar-refractivity contribution in [2.24, 2.45) is 0 Å². The zero-order chi connectivity index (χ0) is 15.7. The average Bonchev–Trinajstić information content (AvgIpc) is 3.29. The molecule has 1 saturated carbocycles. The molecule has 22 heavy (non-hydrogen) atoms. The third-order valence-corrected chi connectivity index (χ3v) is 3.82. The van der Waals surface area contributed by atoms with Gasteiger partial charge in [0, 0.05) is 35.5 Å². The van der Waals surface area contributed by atoms with Crippen LogP contribution in [0.15, 0.2) is 24.3 Å². The predicted molar refractivity (Wildman–Crippen MR) is 87.5 cm³/mol. The van der Waals surface area contributed by atoms with Crippen molar-refractivity contribution in [2.45, 2.75) is 39.5 Å². The molecule has 3 rings (SSSR count). The summed E-state index contributed by atoms with van der Waals surface area (Å²) in [6.45, 7) is 5.55. The number of aromatic nitrogens is 2. The number of hydrogen-bond donors (Lipinski definition) is 2. The van der Waals surface area contributed by atoms with Gasteiger partial charge in [-0.15, -0.1) is 0 Å². The molecule has 0 spiro atoms. The summed E-state index contributed by atoms with van der Waals surface area (Å²) in [6.07, 6.45) is 2.38. The molecule has 1 aromatic heterocycles. The first-order chi connectivity index (χ1) is 10.5. The number of nitrogens with one attached hydrogen (secondary N) is 2. The quantitative estimate of drug-likeness (QED) is 0.903. The first-order valence-corrected chi connectivity index (χ1v) is 7.53. The summed E-state index contributed by atoms with van der Waals surface area (Å²) < 4.78 is 0. The van der Waals surface area contributed by atoms with Crippen molar-refractivity contribution in [3.63, 3.8) is 0 Å². The summed E-state index contributed by atoms with van der Waals surface area (Å²) in [6, 6.07) is 7.60. The molecule has 0 radical (unpaired) electrons. The van der Waals surface area contributed by atoms with Crippen LogP contribution in [0.2, 0.25) is 0 Å². The van der Waals surface area contributed by atoms with E-state index in [1.807, 2.05) is 38.1 Å². The number of carbonyl (C=O) groups is 1. The number of nitrogens with zero attached hydrogens (tertiary/aromatic N) is 2. The monoisotopic (exact) mass is 296 g/mol. The molecule has 5 heteroatoms. The van der Waals surface area contributed by atoms with E-state index in [9.17, 15) is 4.79 Å². The molecular weight excluding hydrogens is 276 g/mol. The summed E-state index contributed by atoms with van der Waals surface area (Å²) >= 11 is 0. The van der Waals surface area contributed by atoms with Crippen LogP contribution in [0.25, 0.3) is 0 Å². The maximum absolute atomic E-state index is 11.0. The lowest BCUT2D eigenvalue weighted by atomic mass is 10.2. The predicted octanol–water partition coefficient (Wildman–Crippen LogP) is 3.67. The van der Waals surface area contributed by atoms with Gasteiger partial charge in [-0.1, -0.05) is 0 Å². The normalized spacial score (nSPS) is 13.8. The van der Waals surface area contributed by atoms with Gasteiger partial charge in [0.2, 0.25) is 5.91 Å². The number of benzene rings is 1. The minimum Gasteiger partial charge on any atom is -0.340 e. The minimum absolute atomic E-state index is 0.0722. The van der Waals surface area contributed by atoms with Crippen LogP contribution in [0, 0.1) is 13.8 Å². The first kappa shape index (κ1) is 14.5. The van der Waals surface area contributed by atoms with E-state index in [1.54, 1.807) is 0 Å². The highest BCUT2D eigenvalue weighted by Gasteiger charge is 2.27.